The molecule has 0 aromatic heterocycles. The minimum atomic E-state index is -2.30. The molecule has 3 aliphatic rings. The van der Waals surface area contributed by atoms with E-state index in [9.17, 15) is 33.7 Å². The molecule has 1 aliphatic carbocycles. The van der Waals surface area contributed by atoms with Gasteiger partial charge < -0.3 is 4.74 Å². The van der Waals surface area contributed by atoms with Crippen molar-refractivity contribution >= 4 is 46.4 Å². The second-order valence-electron chi connectivity index (χ2n) is 8.94. The highest BCUT2D eigenvalue weighted by Gasteiger charge is 2.74. The van der Waals surface area contributed by atoms with Gasteiger partial charge >= 0.3 is 5.69 Å². The Morgan fingerprint density at radius 3 is 2.14 bits per heavy atom. The fourth-order valence-corrected chi connectivity index (χ4v) is 5.63. The van der Waals surface area contributed by atoms with E-state index in [0.717, 1.165) is 18.2 Å². The second kappa shape index (κ2) is 7.86. The number of ketones is 2. The molecule has 0 unspecified atom stereocenters. The van der Waals surface area contributed by atoms with Gasteiger partial charge in [0.15, 0.2) is 0 Å². The van der Waals surface area contributed by atoms with Crippen molar-refractivity contribution in [2.24, 2.45) is 11.8 Å². The van der Waals surface area contributed by atoms with Crippen LogP contribution in [-0.2, 0) is 14.3 Å². The van der Waals surface area contributed by atoms with Crippen LogP contribution in [0.2, 0.25) is 5.02 Å². The lowest BCUT2D eigenvalue weighted by Crippen LogP contribution is -2.51. The summed E-state index contributed by atoms with van der Waals surface area (Å²) < 4.78 is 20.1. The molecule has 3 aromatic rings. The summed E-state index contributed by atoms with van der Waals surface area (Å²) in [5, 5.41) is 11.7. The Balaban J connectivity index is 1.54. The summed E-state index contributed by atoms with van der Waals surface area (Å²) in [6, 6.07) is 14.8. The van der Waals surface area contributed by atoms with Crippen LogP contribution >= 0.6 is 11.6 Å². The van der Waals surface area contributed by atoms with Crippen molar-refractivity contribution in [3.8, 4) is 0 Å². The number of imide groups is 1. The van der Waals surface area contributed by atoms with Crippen LogP contribution in [0.1, 0.15) is 32.4 Å². The minimum absolute atomic E-state index is 0.0686. The van der Waals surface area contributed by atoms with E-state index < -0.39 is 63.3 Å². The molecule has 11 heteroatoms. The third-order valence-corrected chi connectivity index (χ3v) is 7.35. The van der Waals surface area contributed by atoms with Gasteiger partial charge in [-0.1, -0.05) is 48.0 Å². The smallest absolute Gasteiger partial charge is 0.306 e. The molecule has 6 rings (SSSR count). The van der Waals surface area contributed by atoms with Gasteiger partial charge in [0.1, 0.15) is 0 Å². The lowest BCUT2D eigenvalue weighted by molar-refractivity contribution is -0.387. The van der Waals surface area contributed by atoms with E-state index in [-0.39, 0.29) is 16.8 Å². The third-order valence-electron chi connectivity index (χ3n) is 7.10. The van der Waals surface area contributed by atoms with Crippen LogP contribution in [0.3, 0.4) is 0 Å². The molecular formula is C26H14ClFN2O7. The van der Waals surface area contributed by atoms with Crippen molar-refractivity contribution in [3.63, 3.8) is 0 Å². The molecule has 3 atom stereocenters. The Labute approximate surface area is 212 Å². The van der Waals surface area contributed by atoms with Crippen molar-refractivity contribution in [3.05, 3.63) is 104 Å². The average molecular weight is 521 g/mol. The monoisotopic (exact) mass is 520 g/mol. The number of rotatable bonds is 3. The number of benzene rings is 3. The number of amides is 2. The molecule has 2 amide bonds. The number of carbonyl (C=O) groups is 4. The molecular weight excluding hydrogens is 507 g/mol. The van der Waals surface area contributed by atoms with Crippen molar-refractivity contribution in [2.75, 3.05) is 4.90 Å². The predicted octanol–water partition coefficient (Wildman–Crippen LogP) is 4.08. The van der Waals surface area contributed by atoms with E-state index in [0.29, 0.717) is 15.5 Å². The van der Waals surface area contributed by atoms with Crippen molar-refractivity contribution in [1.82, 2.24) is 0 Å². The lowest BCUT2D eigenvalue weighted by atomic mass is 9.77. The molecule has 2 heterocycles. The van der Waals surface area contributed by atoms with Crippen LogP contribution in [0.25, 0.3) is 0 Å². The van der Waals surface area contributed by atoms with Gasteiger partial charge in [0, 0.05) is 22.2 Å². The summed E-state index contributed by atoms with van der Waals surface area (Å²) in [5.41, 5.74) is -2.94. The molecule has 1 spiro atoms. The Hall–Kier alpha value is -4.28. The van der Waals surface area contributed by atoms with Crippen molar-refractivity contribution in [1.29, 1.82) is 0 Å². The topological polar surface area (TPSA) is 124 Å². The summed E-state index contributed by atoms with van der Waals surface area (Å²) >= 11 is 6.00. The first-order chi connectivity index (χ1) is 17.7. The molecule has 184 valence electrons. The van der Waals surface area contributed by atoms with E-state index in [4.69, 9.17) is 16.3 Å². The summed E-state index contributed by atoms with van der Waals surface area (Å²) in [6.07, 6.45) is -1.18. The standard InChI is InChI=1S/C26H14ClFN2O7/c27-13-7-5-12(6-8-13)21-19-20(26(37-21)22(31)15-3-1-2-4-16(15)23(26)32)25(34)29(24(19)33)14-9-10-17(28)18(11-14)30(35)36/h1-11,19-21H/t19-,20+,21-/m0/s1. The average Bonchev–Trinajstić information content (AvgIpc) is 3.45. The van der Waals surface area contributed by atoms with E-state index in [1.165, 1.54) is 24.3 Å². The molecule has 0 bridgehead atoms. The zero-order valence-corrected chi connectivity index (χ0v) is 19.3. The number of nitro groups is 1. The summed E-state index contributed by atoms with van der Waals surface area (Å²) in [6.45, 7) is 0. The molecule has 3 aromatic carbocycles. The van der Waals surface area contributed by atoms with Gasteiger partial charge in [-0.05, 0) is 29.8 Å². The molecule has 2 fully saturated rings. The van der Waals surface area contributed by atoms with Gasteiger partial charge in [0.05, 0.1) is 28.6 Å². The molecule has 2 saturated heterocycles. The van der Waals surface area contributed by atoms with Crippen LogP contribution in [0, 0.1) is 27.8 Å². The first-order valence-electron chi connectivity index (χ1n) is 11.1. The van der Waals surface area contributed by atoms with Crippen LogP contribution in [0.4, 0.5) is 15.8 Å². The van der Waals surface area contributed by atoms with Gasteiger partial charge in [0.25, 0.3) is 0 Å². The number of nitrogens with zero attached hydrogens (tertiary/aromatic N) is 2. The summed E-state index contributed by atoms with van der Waals surface area (Å²) in [7, 11) is 0. The van der Waals surface area contributed by atoms with Gasteiger partial charge in [-0.3, -0.25) is 29.3 Å². The van der Waals surface area contributed by atoms with E-state index in [1.54, 1.807) is 24.3 Å². The lowest BCUT2D eigenvalue weighted by Gasteiger charge is -2.27. The molecule has 37 heavy (non-hydrogen) atoms. The predicted molar refractivity (Wildman–Crippen MR) is 126 cm³/mol. The molecule has 0 saturated carbocycles. The second-order valence-corrected chi connectivity index (χ2v) is 9.37. The maximum atomic E-state index is 14.0. The van der Waals surface area contributed by atoms with Gasteiger partial charge in [-0.15, -0.1) is 0 Å². The normalized spacial score (nSPS) is 23.6. The SMILES string of the molecule is O=C1[C@@H]2[C@H](c3ccc(Cl)cc3)OC3(C(=O)c4ccccc4C3=O)[C@H]2C(=O)N1c1ccc(F)c([N+](=O)[O-])c1. The van der Waals surface area contributed by atoms with E-state index in [1.807, 2.05) is 0 Å². The highest BCUT2D eigenvalue weighted by molar-refractivity contribution is 6.37. The van der Waals surface area contributed by atoms with Gasteiger partial charge in [-0.25, -0.2) is 4.90 Å². The number of halogens is 2. The molecule has 0 N–H and O–H groups in total. The Kier molecular flexibility index (Phi) is 4.91. The number of carbonyl (C=O) groups excluding carboxylic acids is 4. The van der Waals surface area contributed by atoms with Gasteiger partial charge in [-0.2, -0.15) is 4.39 Å². The zero-order chi connectivity index (χ0) is 26.2. The molecule has 2 aliphatic heterocycles. The highest BCUT2D eigenvalue weighted by Crippen LogP contribution is 2.57. The Morgan fingerprint density at radius 1 is 0.919 bits per heavy atom. The highest BCUT2D eigenvalue weighted by atomic mass is 35.5. The number of hydrogen-bond donors (Lipinski definition) is 0. The third kappa shape index (κ3) is 3.00. The first-order valence-corrected chi connectivity index (χ1v) is 11.5. The number of fused-ring (bicyclic) bond motifs is 3. The maximum Gasteiger partial charge on any atom is 0.306 e. The Morgan fingerprint density at radius 2 is 1.54 bits per heavy atom. The van der Waals surface area contributed by atoms with Crippen LogP contribution < -0.4 is 4.90 Å². The van der Waals surface area contributed by atoms with Crippen LogP contribution in [0.5, 0.6) is 0 Å². The number of hydrogen-bond acceptors (Lipinski definition) is 7. The molecule has 9 nitrogen and oxygen atoms in total. The summed E-state index contributed by atoms with van der Waals surface area (Å²) in [5.74, 6) is -7.26. The quantitative estimate of drug-likeness (QED) is 0.220. The van der Waals surface area contributed by atoms with Crippen LogP contribution in [0.15, 0.2) is 66.7 Å². The Bertz CT molecular complexity index is 1540. The van der Waals surface area contributed by atoms with E-state index >= 15 is 0 Å². The van der Waals surface area contributed by atoms with Gasteiger partial charge in [0.2, 0.25) is 34.8 Å². The van der Waals surface area contributed by atoms with Crippen LogP contribution in [-0.4, -0.2) is 33.9 Å². The fraction of sp³-hybridized carbons (Fsp3) is 0.154. The number of nitro benzene ring substituents is 1. The first kappa shape index (κ1) is 23.1. The van der Waals surface area contributed by atoms with E-state index in [2.05, 4.69) is 0 Å². The van der Waals surface area contributed by atoms with Crippen molar-refractivity contribution in [2.45, 2.75) is 11.7 Å². The van der Waals surface area contributed by atoms with Crippen molar-refractivity contribution < 1.29 is 33.2 Å². The number of ether oxygens (including phenoxy) is 1. The fourth-order valence-electron chi connectivity index (χ4n) is 5.51. The number of anilines is 1. The maximum absolute atomic E-state index is 14.0. The zero-order valence-electron chi connectivity index (χ0n) is 18.6. The minimum Gasteiger partial charge on any atom is -0.349 e. The summed E-state index contributed by atoms with van der Waals surface area (Å²) in [4.78, 5) is 66.0. The molecule has 0 radical (unpaired) electrons. The largest absolute Gasteiger partial charge is 0.349 e. The number of Topliss-reactive ketones (excluding diaryl/α,β-unsaturated/α-hetero) is 2.